The van der Waals surface area contributed by atoms with Gasteiger partial charge in [0, 0.05) is 70.0 Å². The van der Waals surface area contributed by atoms with E-state index in [1.807, 2.05) is 0 Å². The average molecular weight is 581 g/mol. The van der Waals surface area contributed by atoms with Crippen molar-refractivity contribution < 1.29 is 0 Å². The molecular weight excluding hydrogens is 504 g/mol. The molecule has 2 heterocycles. The van der Waals surface area contributed by atoms with Crippen LogP contribution in [0.15, 0.2) is 0 Å². The van der Waals surface area contributed by atoms with Crippen molar-refractivity contribution in [1.82, 2.24) is 29.4 Å². The normalized spacial score (nSPS) is 22.2. The molecule has 0 spiro atoms. The quantitative estimate of drug-likeness (QED) is 0.229. The smallest absolute Gasteiger partial charge is 0.0280 e. The van der Waals surface area contributed by atoms with Crippen molar-refractivity contribution in [3.8, 4) is 0 Å². The van der Waals surface area contributed by atoms with Crippen LogP contribution in [-0.2, 0) is 0 Å². The Balaban J connectivity index is 0.000000414. The van der Waals surface area contributed by atoms with E-state index < -0.39 is 0 Å². The van der Waals surface area contributed by atoms with E-state index in [1.165, 1.54) is 97.8 Å². The molecule has 2 fully saturated rings. The molecule has 0 saturated carbocycles. The van der Waals surface area contributed by atoms with Gasteiger partial charge in [0.1, 0.15) is 0 Å². The lowest BCUT2D eigenvalue weighted by Gasteiger charge is -2.48. The standard InChI is InChI=1S/C19H41N3.C16H35N3/c1-8-18(6)20(7)10-9-11-22-13-12-21(14-16(2)3)15-19(22)17(4)5;1-7-17(6)9-8-10-19-12-11-18(13-15(2)3)14-16(19,4)5/h16-19H,8-15H2,1-7H3;15H,7-14H2,1-6H3. The molecule has 2 aliphatic rings. The first-order valence-corrected chi connectivity index (χ1v) is 17.5. The molecule has 6 heteroatoms. The second-order valence-electron chi connectivity index (χ2n) is 15.3. The molecule has 2 saturated heterocycles. The van der Waals surface area contributed by atoms with E-state index in [2.05, 4.69) is 120 Å². The Bertz CT molecular complexity index is 651. The highest BCUT2D eigenvalue weighted by atomic mass is 15.3. The Hall–Kier alpha value is -0.240. The van der Waals surface area contributed by atoms with E-state index in [1.54, 1.807) is 0 Å². The molecule has 2 aliphatic heterocycles. The summed E-state index contributed by atoms with van der Waals surface area (Å²) in [5.41, 5.74) is 0.331. The van der Waals surface area contributed by atoms with Gasteiger partial charge < -0.3 is 14.7 Å². The van der Waals surface area contributed by atoms with Crippen LogP contribution in [0.2, 0.25) is 0 Å². The summed E-state index contributed by atoms with van der Waals surface area (Å²) in [6.07, 6.45) is 3.84. The van der Waals surface area contributed by atoms with E-state index in [0.29, 0.717) is 11.6 Å². The van der Waals surface area contributed by atoms with Crippen LogP contribution in [0.3, 0.4) is 0 Å². The maximum Gasteiger partial charge on any atom is 0.0280 e. The van der Waals surface area contributed by atoms with Crippen molar-refractivity contribution >= 4 is 0 Å². The molecule has 0 aromatic heterocycles. The first-order valence-electron chi connectivity index (χ1n) is 17.5. The van der Waals surface area contributed by atoms with Crippen LogP contribution in [0.4, 0.5) is 0 Å². The third-order valence-electron chi connectivity index (χ3n) is 9.59. The van der Waals surface area contributed by atoms with E-state index in [9.17, 15) is 0 Å². The number of hydrogen-bond donors (Lipinski definition) is 0. The zero-order valence-electron chi connectivity index (χ0n) is 30.4. The van der Waals surface area contributed by atoms with Gasteiger partial charge in [-0.2, -0.15) is 0 Å². The van der Waals surface area contributed by atoms with Crippen molar-refractivity contribution in [3.05, 3.63) is 0 Å². The second kappa shape index (κ2) is 19.9. The minimum absolute atomic E-state index is 0.331. The molecule has 2 atom stereocenters. The molecule has 2 rings (SSSR count). The van der Waals surface area contributed by atoms with Gasteiger partial charge in [0.15, 0.2) is 0 Å². The molecule has 0 bridgehead atoms. The number of piperazine rings is 2. The fraction of sp³-hybridized carbons (Fsp3) is 1.00. The fourth-order valence-electron chi connectivity index (χ4n) is 6.62. The van der Waals surface area contributed by atoms with Gasteiger partial charge in [-0.05, 0) is 105 Å². The number of hydrogen-bond acceptors (Lipinski definition) is 6. The van der Waals surface area contributed by atoms with E-state index >= 15 is 0 Å². The van der Waals surface area contributed by atoms with Crippen LogP contribution in [0.1, 0.15) is 95.4 Å². The molecule has 2 unspecified atom stereocenters. The zero-order chi connectivity index (χ0) is 31.2. The highest BCUT2D eigenvalue weighted by Gasteiger charge is 2.33. The zero-order valence-corrected chi connectivity index (χ0v) is 30.4. The number of rotatable bonds is 16. The fourth-order valence-corrected chi connectivity index (χ4v) is 6.62. The van der Waals surface area contributed by atoms with Crippen LogP contribution in [-0.4, -0.2) is 146 Å². The van der Waals surface area contributed by atoms with E-state index in [4.69, 9.17) is 0 Å². The first kappa shape index (κ1) is 38.8. The molecule has 0 aromatic rings. The SMILES string of the molecule is CCC(C)N(C)CCCN1CCN(CC(C)C)CC1C(C)C.CCN(C)CCCN1CCN(CC(C)C)CC1(C)C. The molecule has 0 aromatic carbocycles. The van der Waals surface area contributed by atoms with Gasteiger partial charge in [-0.1, -0.05) is 55.4 Å². The summed E-state index contributed by atoms with van der Waals surface area (Å²) in [6.45, 7) is 41.8. The largest absolute Gasteiger partial charge is 0.307 e. The third-order valence-corrected chi connectivity index (χ3v) is 9.59. The van der Waals surface area contributed by atoms with Gasteiger partial charge in [0.05, 0.1) is 0 Å². The Labute approximate surface area is 259 Å². The Morgan fingerprint density at radius 2 is 1.34 bits per heavy atom. The maximum absolute atomic E-state index is 2.76. The van der Waals surface area contributed by atoms with E-state index in [0.717, 1.165) is 30.3 Å². The molecule has 0 N–H and O–H groups in total. The first-order chi connectivity index (χ1) is 19.2. The molecule has 0 aliphatic carbocycles. The van der Waals surface area contributed by atoms with Gasteiger partial charge in [-0.15, -0.1) is 0 Å². The van der Waals surface area contributed by atoms with Crippen molar-refractivity contribution in [2.45, 2.75) is 113 Å². The second-order valence-corrected chi connectivity index (χ2v) is 15.3. The highest BCUT2D eigenvalue weighted by molar-refractivity contribution is 4.90. The van der Waals surface area contributed by atoms with Crippen molar-refractivity contribution in [1.29, 1.82) is 0 Å². The summed E-state index contributed by atoms with van der Waals surface area (Å²) < 4.78 is 0. The maximum atomic E-state index is 2.76. The molecule has 0 radical (unpaired) electrons. The van der Waals surface area contributed by atoms with Crippen LogP contribution in [0.25, 0.3) is 0 Å². The van der Waals surface area contributed by atoms with Gasteiger partial charge in [-0.3, -0.25) is 14.7 Å². The summed E-state index contributed by atoms with van der Waals surface area (Å²) >= 11 is 0. The average Bonchev–Trinajstić information content (AvgIpc) is 2.89. The number of nitrogens with zero attached hydrogens (tertiary/aromatic N) is 6. The van der Waals surface area contributed by atoms with Crippen LogP contribution in [0, 0.1) is 17.8 Å². The van der Waals surface area contributed by atoms with Crippen LogP contribution < -0.4 is 0 Å². The topological polar surface area (TPSA) is 19.4 Å². The van der Waals surface area contributed by atoms with E-state index in [-0.39, 0.29) is 0 Å². The molecular formula is C35H76N6. The van der Waals surface area contributed by atoms with Crippen molar-refractivity contribution in [3.63, 3.8) is 0 Å². The van der Waals surface area contributed by atoms with Gasteiger partial charge >= 0.3 is 0 Å². The van der Waals surface area contributed by atoms with Crippen LogP contribution >= 0.6 is 0 Å². The summed E-state index contributed by atoms with van der Waals surface area (Å²) in [6, 6.07) is 1.45. The Morgan fingerprint density at radius 1 is 0.756 bits per heavy atom. The predicted octanol–water partition coefficient (Wildman–Crippen LogP) is 5.79. The molecule has 0 amide bonds. The Kier molecular flexibility index (Phi) is 18.8. The van der Waals surface area contributed by atoms with Gasteiger partial charge in [-0.25, -0.2) is 0 Å². The minimum atomic E-state index is 0.331. The lowest BCUT2D eigenvalue weighted by atomic mass is 9.97. The molecule has 6 nitrogen and oxygen atoms in total. The van der Waals surface area contributed by atoms with Crippen LogP contribution in [0.5, 0.6) is 0 Å². The summed E-state index contributed by atoms with van der Waals surface area (Å²) in [5.74, 6) is 2.31. The summed E-state index contributed by atoms with van der Waals surface area (Å²) in [4.78, 5) is 15.7. The minimum Gasteiger partial charge on any atom is -0.307 e. The Morgan fingerprint density at radius 3 is 1.88 bits per heavy atom. The molecule has 246 valence electrons. The summed E-state index contributed by atoms with van der Waals surface area (Å²) in [5, 5.41) is 0. The monoisotopic (exact) mass is 581 g/mol. The van der Waals surface area contributed by atoms with Crippen molar-refractivity contribution in [2.24, 2.45) is 17.8 Å². The van der Waals surface area contributed by atoms with Gasteiger partial charge in [0.25, 0.3) is 0 Å². The third kappa shape index (κ3) is 15.4. The van der Waals surface area contributed by atoms with Crippen molar-refractivity contribution in [2.75, 3.05) is 99.2 Å². The highest BCUT2D eigenvalue weighted by Crippen LogP contribution is 2.22. The predicted molar refractivity (Wildman–Crippen MR) is 183 cm³/mol. The lowest BCUT2D eigenvalue weighted by molar-refractivity contribution is 0.0133. The lowest BCUT2D eigenvalue weighted by Crippen LogP contribution is -2.59. The van der Waals surface area contributed by atoms with Gasteiger partial charge in [0.2, 0.25) is 0 Å². The molecule has 41 heavy (non-hydrogen) atoms. The summed E-state index contributed by atoms with van der Waals surface area (Å²) in [7, 11) is 4.49.